The molecule has 0 fully saturated rings. The first-order valence-corrected chi connectivity index (χ1v) is 6.71. The van der Waals surface area contributed by atoms with Crippen molar-refractivity contribution in [2.75, 3.05) is 14.2 Å². The topological polar surface area (TPSA) is 73.9 Å². The summed E-state index contributed by atoms with van der Waals surface area (Å²) >= 11 is 3.38. The molecule has 1 heterocycles. The van der Waals surface area contributed by atoms with Gasteiger partial charge in [-0.05, 0) is 25.1 Å². The SMILES string of the molecule is COC(OC)C1(C)Oc2ccc(Br)cc2[C@@H](N)C1O. The molecule has 0 bridgehead atoms. The van der Waals surface area contributed by atoms with Gasteiger partial charge in [-0.3, -0.25) is 0 Å². The summed E-state index contributed by atoms with van der Waals surface area (Å²) in [7, 11) is 3.00. The van der Waals surface area contributed by atoms with E-state index in [1.807, 2.05) is 18.2 Å². The quantitative estimate of drug-likeness (QED) is 0.822. The molecule has 3 atom stereocenters. The van der Waals surface area contributed by atoms with Crippen molar-refractivity contribution in [3.05, 3.63) is 28.2 Å². The number of halogens is 1. The van der Waals surface area contributed by atoms with Gasteiger partial charge in [0.25, 0.3) is 0 Å². The Balaban J connectivity index is 2.45. The third kappa shape index (κ3) is 2.39. The lowest BCUT2D eigenvalue weighted by Gasteiger charge is -2.45. The van der Waals surface area contributed by atoms with Gasteiger partial charge in [-0.1, -0.05) is 15.9 Å². The molecule has 0 saturated heterocycles. The zero-order valence-electron chi connectivity index (χ0n) is 11.1. The van der Waals surface area contributed by atoms with Gasteiger partial charge in [-0.2, -0.15) is 0 Å². The lowest BCUT2D eigenvalue weighted by molar-refractivity contribution is -0.237. The summed E-state index contributed by atoms with van der Waals surface area (Å²) in [5.41, 5.74) is 5.81. The first kappa shape index (κ1) is 14.7. The van der Waals surface area contributed by atoms with Crippen LogP contribution in [-0.4, -0.2) is 37.3 Å². The molecule has 0 spiro atoms. The molecule has 106 valence electrons. The summed E-state index contributed by atoms with van der Waals surface area (Å²) in [5, 5.41) is 10.4. The number of methoxy groups -OCH3 is 2. The largest absolute Gasteiger partial charge is 0.479 e. The minimum absolute atomic E-state index is 0.570. The summed E-state index contributed by atoms with van der Waals surface area (Å²) in [4.78, 5) is 0. The predicted octanol–water partition coefficient (Wildman–Crippen LogP) is 1.58. The molecule has 1 aromatic carbocycles. The smallest absolute Gasteiger partial charge is 0.199 e. The van der Waals surface area contributed by atoms with Crippen molar-refractivity contribution in [3.8, 4) is 5.75 Å². The van der Waals surface area contributed by atoms with E-state index in [2.05, 4.69) is 15.9 Å². The van der Waals surface area contributed by atoms with Crippen LogP contribution in [0.1, 0.15) is 18.5 Å². The Morgan fingerprint density at radius 1 is 1.42 bits per heavy atom. The number of hydrogen-bond donors (Lipinski definition) is 2. The van der Waals surface area contributed by atoms with Gasteiger partial charge in [-0.15, -0.1) is 0 Å². The highest BCUT2D eigenvalue weighted by Crippen LogP contribution is 2.41. The second-order valence-corrected chi connectivity index (χ2v) is 5.66. The maximum Gasteiger partial charge on any atom is 0.199 e. The van der Waals surface area contributed by atoms with Gasteiger partial charge < -0.3 is 25.1 Å². The van der Waals surface area contributed by atoms with Crippen LogP contribution in [0.25, 0.3) is 0 Å². The molecule has 1 aromatic rings. The minimum atomic E-state index is -1.07. The van der Waals surface area contributed by atoms with Crippen molar-refractivity contribution in [2.24, 2.45) is 5.73 Å². The minimum Gasteiger partial charge on any atom is -0.479 e. The van der Waals surface area contributed by atoms with Gasteiger partial charge in [0.15, 0.2) is 11.9 Å². The second kappa shape index (κ2) is 5.38. The molecule has 0 saturated carbocycles. The van der Waals surface area contributed by atoms with Crippen LogP contribution in [0.5, 0.6) is 5.75 Å². The molecule has 0 aliphatic carbocycles. The van der Waals surface area contributed by atoms with Gasteiger partial charge in [0.2, 0.25) is 0 Å². The fourth-order valence-corrected chi connectivity index (χ4v) is 2.83. The molecule has 5 nitrogen and oxygen atoms in total. The third-order valence-electron chi connectivity index (χ3n) is 3.48. The van der Waals surface area contributed by atoms with Gasteiger partial charge in [0.05, 0.1) is 6.04 Å². The van der Waals surface area contributed by atoms with Crippen LogP contribution >= 0.6 is 15.9 Å². The van der Waals surface area contributed by atoms with Gasteiger partial charge in [-0.25, -0.2) is 0 Å². The first-order valence-electron chi connectivity index (χ1n) is 5.91. The number of hydrogen-bond acceptors (Lipinski definition) is 5. The Morgan fingerprint density at radius 3 is 2.63 bits per heavy atom. The van der Waals surface area contributed by atoms with E-state index in [4.69, 9.17) is 19.9 Å². The number of benzene rings is 1. The van der Waals surface area contributed by atoms with Gasteiger partial charge >= 0.3 is 0 Å². The summed E-state index contributed by atoms with van der Waals surface area (Å²) in [6.07, 6.45) is -1.66. The maximum atomic E-state index is 10.4. The Labute approximate surface area is 120 Å². The van der Waals surface area contributed by atoms with Crippen molar-refractivity contribution in [3.63, 3.8) is 0 Å². The van der Waals surface area contributed by atoms with E-state index < -0.39 is 24.0 Å². The Kier molecular flexibility index (Phi) is 4.17. The number of aliphatic hydroxyl groups excluding tert-OH is 1. The van der Waals surface area contributed by atoms with Crippen LogP contribution in [0, 0.1) is 0 Å². The van der Waals surface area contributed by atoms with Crippen LogP contribution < -0.4 is 10.5 Å². The summed E-state index contributed by atoms with van der Waals surface area (Å²) in [6, 6.07) is 4.95. The average Bonchev–Trinajstić information content (AvgIpc) is 2.39. The predicted molar refractivity (Wildman–Crippen MR) is 73.9 cm³/mol. The molecular weight excluding hydrogens is 314 g/mol. The van der Waals surface area contributed by atoms with Crippen molar-refractivity contribution in [1.29, 1.82) is 0 Å². The van der Waals surface area contributed by atoms with E-state index in [1.54, 1.807) is 6.92 Å². The number of rotatable bonds is 3. The van der Waals surface area contributed by atoms with E-state index in [0.29, 0.717) is 5.75 Å². The number of ether oxygens (including phenoxy) is 3. The van der Waals surface area contributed by atoms with E-state index in [9.17, 15) is 5.11 Å². The van der Waals surface area contributed by atoms with E-state index in [0.717, 1.165) is 10.0 Å². The summed E-state index contributed by atoms with van der Waals surface area (Å²) in [5.74, 6) is 0.627. The summed E-state index contributed by atoms with van der Waals surface area (Å²) in [6.45, 7) is 1.72. The molecule has 6 heteroatoms. The zero-order chi connectivity index (χ0) is 14.2. The molecule has 0 aromatic heterocycles. The van der Waals surface area contributed by atoms with Crippen LogP contribution in [0.2, 0.25) is 0 Å². The van der Waals surface area contributed by atoms with Gasteiger partial charge in [0.1, 0.15) is 11.9 Å². The average molecular weight is 332 g/mol. The highest BCUT2D eigenvalue weighted by atomic mass is 79.9. The lowest BCUT2D eigenvalue weighted by Crippen LogP contribution is -2.61. The third-order valence-corrected chi connectivity index (χ3v) is 3.98. The standard InChI is InChI=1S/C13H18BrNO4/c1-13(12(17-2)18-3)11(16)10(15)8-6-7(14)4-5-9(8)19-13/h4-6,10-12,16H,15H2,1-3H3/t10-,11?,13?/m1/s1. The number of nitrogens with two attached hydrogens (primary N) is 1. The number of fused-ring (bicyclic) bond motifs is 1. The van der Waals surface area contributed by atoms with Crippen molar-refractivity contribution >= 4 is 15.9 Å². The van der Waals surface area contributed by atoms with E-state index >= 15 is 0 Å². The Bertz CT molecular complexity index is 466. The molecule has 1 aliphatic heterocycles. The van der Waals surface area contributed by atoms with Crippen LogP contribution in [0.3, 0.4) is 0 Å². The van der Waals surface area contributed by atoms with Crippen LogP contribution in [-0.2, 0) is 9.47 Å². The highest BCUT2D eigenvalue weighted by molar-refractivity contribution is 9.10. The van der Waals surface area contributed by atoms with E-state index in [-0.39, 0.29) is 0 Å². The summed E-state index contributed by atoms with van der Waals surface area (Å²) < 4.78 is 17.2. The number of aliphatic hydroxyl groups is 1. The van der Waals surface area contributed by atoms with Crippen molar-refractivity contribution in [1.82, 2.24) is 0 Å². The van der Waals surface area contributed by atoms with Crippen molar-refractivity contribution in [2.45, 2.75) is 31.0 Å². The molecular formula is C13H18BrNO4. The molecule has 3 N–H and O–H groups in total. The molecule has 0 radical (unpaired) electrons. The molecule has 0 amide bonds. The van der Waals surface area contributed by atoms with Crippen LogP contribution in [0.15, 0.2) is 22.7 Å². The normalized spacial score (nSPS) is 30.1. The fourth-order valence-electron chi connectivity index (χ4n) is 2.45. The van der Waals surface area contributed by atoms with Gasteiger partial charge in [0, 0.05) is 24.3 Å². The zero-order valence-corrected chi connectivity index (χ0v) is 12.7. The second-order valence-electron chi connectivity index (χ2n) is 4.74. The Morgan fingerprint density at radius 2 is 2.05 bits per heavy atom. The van der Waals surface area contributed by atoms with E-state index in [1.165, 1.54) is 14.2 Å². The first-order chi connectivity index (χ1) is 8.93. The molecule has 2 unspecified atom stereocenters. The fraction of sp³-hybridized carbons (Fsp3) is 0.538. The highest BCUT2D eigenvalue weighted by Gasteiger charge is 2.51. The molecule has 2 rings (SSSR count). The molecule has 1 aliphatic rings. The molecule has 19 heavy (non-hydrogen) atoms. The lowest BCUT2D eigenvalue weighted by atomic mass is 9.85. The van der Waals surface area contributed by atoms with Crippen LogP contribution in [0.4, 0.5) is 0 Å². The maximum absolute atomic E-state index is 10.4. The monoisotopic (exact) mass is 331 g/mol. The Hall–Kier alpha value is -0.660. The van der Waals surface area contributed by atoms with Crippen molar-refractivity contribution < 1.29 is 19.3 Å².